The summed E-state index contributed by atoms with van der Waals surface area (Å²) < 4.78 is 0. The molecule has 198 valence electrons. The number of nitrogens with zero attached hydrogens (tertiary/aromatic N) is 1. The number of piperidine rings is 1. The first-order chi connectivity index (χ1) is 18.6. The van der Waals surface area contributed by atoms with Crippen LogP contribution in [0.15, 0.2) is 78.9 Å². The Kier molecular flexibility index (Phi) is 8.23. The molecule has 38 heavy (non-hydrogen) atoms. The lowest BCUT2D eigenvalue weighted by Gasteiger charge is -2.34. The number of hydrogen-bond acceptors (Lipinski definition) is 3. The molecule has 5 nitrogen and oxygen atoms in total. The molecule has 1 unspecified atom stereocenters. The highest BCUT2D eigenvalue weighted by Crippen LogP contribution is 2.51. The van der Waals surface area contributed by atoms with Gasteiger partial charge in [-0.2, -0.15) is 0 Å². The van der Waals surface area contributed by atoms with Gasteiger partial charge >= 0.3 is 0 Å². The molecule has 1 heterocycles. The summed E-state index contributed by atoms with van der Waals surface area (Å²) in [5.74, 6) is 0.134. The van der Waals surface area contributed by atoms with Gasteiger partial charge in [-0.25, -0.2) is 0 Å². The highest BCUT2D eigenvalue weighted by Gasteiger charge is 2.48. The van der Waals surface area contributed by atoms with Crippen molar-refractivity contribution < 1.29 is 9.59 Å². The molecule has 0 radical (unpaired) electrons. The van der Waals surface area contributed by atoms with E-state index in [0.717, 1.165) is 69.3 Å². The summed E-state index contributed by atoms with van der Waals surface area (Å²) in [6, 6.07) is 26.5. The Morgan fingerprint density at radius 1 is 0.895 bits per heavy atom. The van der Waals surface area contributed by atoms with Gasteiger partial charge in [-0.15, -0.1) is 0 Å². The van der Waals surface area contributed by atoms with Crippen LogP contribution in [0.3, 0.4) is 0 Å². The summed E-state index contributed by atoms with van der Waals surface area (Å²) in [6.45, 7) is 5.71. The average Bonchev–Trinajstić information content (AvgIpc) is 3.25. The minimum atomic E-state index is -0.642. The molecule has 2 N–H and O–H groups in total. The van der Waals surface area contributed by atoms with Crippen LogP contribution in [0.5, 0.6) is 0 Å². The largest absolute Gasteiger partial charge is 0.355 e. The zero-order valence-electron chi connectivity index (χ0n) is 22.4. The summed E-state index contributed by atoms with van der Waals surface area (Å²) in [4.78, 5) is 29.0. The monoisotopic (exact) mass is 509 g/mol. The third kappa shape index (κ3) is 5.25. The lowest BCUT2D eigenvalue weighted by molar-refractivity contribution is -0.125. The molecule has 1 atom stereocenters. The van der Waals surface area contributed by atoms with E-state index in [1.54, 1.807) is 0 Å². The normalized spacial score (nSPS) is 17.9. The average molecular weight is 510 g/mol. The lowest BCUT2D eigenvalue weighted by atomic mass is 9.73. The molecule has 0 bridgehead atoms. The number of carbonyl (C=O) groups is 2. The number of rotatable bonds is 10. The maximum Gasteiger partial charge on any atom is 0.251 e. The fraction of sp³-hybridized carbons (Fsp3) is 0.394. The maximum atomic E-state index is 13.8. The second kappa shape index (κ2) is 12.0. The Morgan fingerprint density at radius 2 is 1.55 bits per heavy atom. The third-order valence-corrected chi connectivity index (χ3v) is 8.14. The number of fused-ring (bicyclic) bond motifs is 3. The number of carbonyl (C=O) groups excluding carboxylic acids is 2. The molecule has 1 aliphatic carbocycles. The van der Waals surface area contributed by atoms with Crippen molar-refractivity contribution in [1.29, 1.82) is 0 Å². The van der Waals surface area contributed by atoms with Crippen LogP contribution in [0, 0.1) is 0 Å². The van der Waals surface area contributed by atoms with Gasteiger partial charge in [0.2, 0.25) is 5.91 Å². The molecular formula is C33H39N3O2. The first-order valence-corrected chi connectivity index (χ1v) is 14.2. The Hall–Kier alpha value is -3.44. The van der Waals surface area contributed by atoms with Crippen LogP contribution in [0.1, 0.15) is 66.9 Å². The van der Waals surface area contributed by atoms with E-state index in [1.807, 2.05) is 30.3 Å². The van der Waals surface area contributed by atoms with Gasteiger partial charge in [0.05, 0.1) is 0 Å². The van der Waals surface area contributed by atoms with Crippen LogP contribution < -0.4 is 10.6 Å². The molecule has 0 saturated carbocycles. The molecule has 2 amide bonds. The van der Waals surface area contributed by atoms with Crippen molar-refractivity contribution >= 4 is 11.8 Å². The summed E-state index contributed by atoms with van der Waals surface area (Å²) in [5, 5.41) is 6.46. The first-order valence-electron chi connectivity index (χ1n) is 14.2. The van der Waals surface area contributed by atoms with E-state index in [2.05, 4.69) is 71.0 Å². The highest BCUT2D eigenvalue weighted by molar-refractivity contribution is 6.00. The van der Waals surface area contributed by atoms with Crippen molar-refractivity contribution in [2.24, 2.45) is 0 Å². The van der Waals surface area contributed by atoms with Crippen LogP contribution in [-0.2, 0) is 10.2 Å². The van der Waals surface area contributed by atoms with Gasteiger partial charge in [0.25, 0.3) is 5.91 Å². The molecule has 0 spiro atoms. The van der Waals surface area contributed by atoms with Gasteiger partial charge in [-0.05, 0) is 79.6 Å². The van der Waals surface area contributed by atoms with E-state index in [0.29, 0.717) is 12.1 Å². The van der Waals surface area contributed by atoms with Crippen molar-refractivity contribution in [3.63, 3.8) is 0 Å². The Balaban J connectivity index is 1.24. The maximum absolute atomic E-state index is 13.8. The molecule has 5 heteroatoms. The van der Waals surface area contributed by atoms with Gasteiger partial charge < -0.3 is 15.5 Å². The zero-order valence-corrected chi connectivity index (χ0v) is 22.4. The molecule has 0 aromatic heterocycles. The van der Waals surface area contributed by atoms with Crippen molar-refractivity contribution in [2.75, 3.05) is 26.2 Å². The standard InChI is InChI=1S/C33H39N3O2/c1-2-21-34-32(38)33(29-18-8-6-16-27(29)28-17-7-9-19-30(28)33)20-10-11-22-36-23-12-15-26(24-36)35-31(37)25-13-4-3-5-14-25/h3-9,13-14,16-19,26H,2,10-12,15,20-24H2,1H3,(H,34,38)(H,35,37). The van der Waals surface area contributed by atoms with Crippen molar-refractivity contribution in [1.82, 2.24) is 15.5 Å². The van der Waals surface area contributed by atoms with E-state index >= 15 is 0 Å². The number of likely N-dealkylation sites (tertiary alicyclic amines) is 1. The molecular weight excluding hydrogens is 470 g/mol. The summed E-state index contributed by atoms with van der Waals surface area (Å²) >= 11 is 0. The van der Waals surface area contributed by atoms with E-state index in [-0.39, 0.29) is 17.9 Å². The number of benzene rings is 3. The first kappa shape index (κ1) is 26.2. The Bertz CT molecular complexity index is 1210. The highest BCUT2D eigenvalue weighted by atomic mass is 16.2. The van der Waals surface area contributed by atoms with E-state index in [9.17, 15) is 9.59 Å². The quantitative estimate of drug-likeness (QED) is 0.353. The van der Waals surface area contributed by atoms with Crippen molar-refractivity contribution in [2.45, 2.75) is 56.9 Å². The van der Waals surface area contributed by atoms with Gasteiger partial charge in [-0.3, -0.25) is 9.59 Å². The second-order valence-corrected chi connectivity index (χ2v) is 10.7. The smallest absolute Gasteiger partial charge is 0.251 e. The fourth-order valence-corrected chi connectivity index (χ4v) is 6.30. The minimum Gasteiger partial charge on any atom is -0.355 e. The number of amides is 2. The van der Waals surface area contributed by atoms with Gasteiger partial charge in [0.1, 0.15) is 5.41 Å². The van der Waals surface area contributed by atoms with Gasteiger partial charge in [0, 0.05) is 24.7 Å². The zero-order chi connectivity index (χ0) is 26.4. The lowest BCUT2D eigenvalue weighted by Crippen LogP contribution is -2.48. The van der Waals surface area contributed by atoms with E-state index in [4.69, 9.17) is 0 Å². The third-order valence-electron chi connectivity index (χ3n) is 8.14. The van der Waals surface area contributed by atoms with Gasteiger partial charge in [0.15, 0.2) is 0 Å². The predicted octanol–water partition coefficient (Wildman–Crippen LogP) is 5.54. The van der Waals surface area contributed by atoms with Gasteiger partial charge in [-0.1, -0.05) is 80.1 Å². The second-order valence-electron chi connectivity index (χ2n) is 10.7. The van der Waals surface area contributed by atoms with Crippen LogP contribution >= 0.6 is 0 Å². The molecule has 1 fully saturated rings. The molecule has 2 aliphatic rings. The van der Waals surface area contributed by atoms with E-state index < -0.39 is 5.41 Å². The molecule has 3 aromatic carbocycles. The van der Waals surface area contributed by atoms with E-state index in [1.165, 1.54) is 11.1 Å². The number of unbranched alkanes of at least 4 members (excludes halogenated alkanes) is 1. The minimum absolute atomic E-state index is 0.0102. The summed E-state index contributed by atoms with van der Waals surface area (Å²) in [5.41, 5.74) is 4.71. The fourth-order valence-electron chi connectivity index (χ4n) is 6.30. The summed E-state index contributed by atoms with van der Waals surface area (Å²) in [6.07, 6.45) is 5.79. The van der Waals surface area contributed by atoms with Crippen LogP contribution in [0.4, 0.5) is 0 Å². The summed E-state index contributed by atoms with van der Waals surface area (Å²) in [7, 11) is 0. The Labute approximate surface area is 226 Å². The molecule has 3 aromatic rings. The molecule has 5 rings (SSSR count). The van der Waals surface area contributed by atoms with Crippen molar-refractivity contribution in [3.05, 3.63) is 95.6 Å². The van der Waals surface area contributed by atoms with Crippen LogP contribution in [0.25, 0.3) is 11.1 Å². The number of hydrogen-bond donors (Lipinski definition) is 2. The SMILES string of the molecule is CCCNC(=O)C1(CCCCN2CCCC(NC(=O)c3ccccc3)C2)c2ccccc2-c2ccccc21. The van der Waals surface area contributed by atoms with Crippen LogP contribution in [0.2, 0.25) is 0 Å². The predicted molar refractivity (Wildman–Crippen MR) is 153 cm³/mol. The molecule has 1 aliphatic heterocycles. The Morgan fingerprint density at radius 3 is 2.24 bits per heavy atom. The topological polar surface area (TPSA) is 61.4 Å². The molecule has 1 saturated heterocycles. The number of nitrogens with one attached hydrogen (secondary N) is 2. The van der Waals surface area contributed by atoms with Crippen LogP contribution in [-0.4, -0.2) is 48.9 Å². The van der Waals surface area contributed by atoms with Crippen molar-refractivity contribution in [3.8, 4) is 11.1 Å².